The van der Waals surface area contributed by atoms with Crippen LogP contribution in [0.25, 0.3) is 0 Å². The Labute approximate surface area is 127 Å². The van der Waals surface area contributed by atoms with Crippen LogP contribution in [0.2, 0.25) is 0 Å². The summed E-state index contributed by atoms with van der Waals surface area (Å²) in [4.78, 5) is 23.1. The minimum atomic E-state index is -0.606. The van der Waals surface area contributed by atoms with Crippen molar-refractivity contribution in [3.05, 3.63) is 54.1 Å². The van der Waals surface area contributed by atoms with Gasteiger partial charge in [0, 0.05) is 5.69 Å². The molecule has 0 unspecified atom stereocenters. The highest BCUT2D eigenvalue weighted by Gasteiger charge is 2.13. The first-order valence-corrected chi connectivity index (χ1v) is 6.55. The van der Waals surface area contributed by atoms with Crippen LogP contribution >= 0.6 is 0 Å². The number of carbonyl (C=O) groups is 2. The topological polar surface area (TPSA) is 90.7 Å². The van der Waals surface area contributed by atoms with Crippen molar-refractivity contribution in [2.24, 2.45) is 5.73 Å². The van der Waals surface area contributed by atoms with Gasteiger partial charge in [-0.15, -0.1) is 0 Å². The average Bonchev–Trinajstić information content (AvgIpc) is 2.54. The Bertz CT molecular complexity index is 668. The summed E-state index contributed by atoms with van der Waals surface area (Å²) in [6, 6.07) is 13.6. The van der Waals surface area contributed by atoms with Gasteiger partial charge >= 0.3 is 0 Å². The Morgan fingerprint density at radius 1 is 1.09 bits per heavy atom. The number of primary amides is 1. The fourth-order valence-corrected chi connectivity index (χ4v) is 1.80. The lowest BCUT2D eigenvalue weighted by molar-refractivity contribution is -0.119. The van der Waals surface area contributed by atoms with E-state index in [-0.39, 0.29) is 12.5 Å². The van der Waals surface area contributed by atoms with E-state index in [2.05, 4.69) is 5.32 Å². The Morgan fingerprint density at radius 3 is 2.41 bits per heavy atom. The van der Waals surface area contributed by atoms with Crippen LogP contribution in [0.5, 0.6) is 11.5 Å². The van der Waals surface area contributed by atoms with Gasteiger partial charge in [-0.3, -0.25) is 9.59 Å². The van der Waals surface area contributed by atoms with Crippen LogP contribution in [-0.2, 0) is 4.79 Å². The molecule has 0 bridgehead atoms. The minimum Gasteiger partial charge on any atom is -0.497 e. The number of anilines is 1. The average molecular weight is 300 g/mol. The minimum absolute atomic E-state index is 0.285. The first-order valence-electron chi connectivity index (χ1n) is 6.55. The van der Waals surface area contributed by atoms with Crippen LogP contribution in [0.15, 0.2) is 48.5 Å². The van der Waals surface area contributed by atoms with E-state index in [4.69, 9.17) is 15.2 Å². The van der Waals surface area contributed by atoms with Gasteiger partial charge in [-0.1, -0.05) is 12.1 Å². The lowest BCUT2D eigenvalue weighted by atomic mass is 10.2. The number of benzene rings is 2. The highest BCUT2D eigenvalue weighted by molar-refractivity contribution is 6.06. The third-order valence-electron chi connectivity index (χ3n) is 2.85. The molecule has 0 fully saturated rings. The van der Waals surface area contributed by atoms with E-state index in [1.165, 1.54) is 0 Å². The Kier molecular flexibility index (Phi) is 4.98. The largest absolute Gasteiger partial charge is 0.497 e. The molecule has 6 heteroatoms. The first-order chi connectivity index (χ1) is 10.6. The Morgan fingerprint density at radius 2 is 1.77 bits per heavy atom. The molecule has 0 saturated heterocycles. The second kappa shape index (κ2) is 7.12. The van der Waals surface area contributed by atoms with Crippen molar-refractivity contribution < 1.29 is 19.1 Å². The van der Waals surface area contributed by atoms with Crippen LogP contribution in [0.3, 0.4) is 0 Å². The number of para-hydroxylation sites is 1. The number of hydrogen-bond donors (Lipinski definition) is 2. The lowest BCUT2D eigenvalue weighted by Gasteiger charge is -2.11. The van der Waals surface area contributed by atoms with E-state index in [1.807, 2.05) is 0 Å². The molecule has 2 aromatic rings. The summed E-state index contributed by atoms with van der Waals surface area (Å²) in [5.41, 5.74) is 5.98. The van der Waals surface area contributed by atoms with E-state index in [1.54, 1.807) is 55.6 Å². The SMILES string of the molecule is COc1ccc(NC(=O)c2ccccc2OCC(N)=O)cc1. The summed E-state index contributed by atoms with van der Waals surface area (Å²) < 4.78 is 10.3. The van der Waals surface area contributed by atoms with E-state index < -0.39 is 5.91 Å². The Hall–Kier alpha value is -3.02. The molecule has 0 atom stereocenters. The second-order valence-electron chi connectivity index (χ2n) is 4.43. The number of carbonyl (C=O) groups excluding carboxylic acids is 2. The summed E-state index contributed by atoms with van der Waals surface area (Å²) in [5.74, 6) is 0.0473. The van der Waals surface area contributed by atoms with Gasteiger partial charge in [0.1, 0.15) is 11.5 Å². The van der Waals surface area contributed by atoms with Crippen molar-refractivity contribution in [3.63, 3.8) is 0 Å². The normalized spacial score (nSPS) is 9.86. The molecule has 22 heavy (non-hydrogen) atoms. The molecule has 2 aromatic carbocycles. The predicted molar refractivity (Wildman–Crippen MR) is 82.1 cm³/mol. The zero-order chi connectivity index (χ0) is 15.9. The molecule has 0 spiro atoms. The molecular weight excluding hydrogens is 284 g/mol. The van der Waals surface area contributed by atoms with E-state index in [9.17, 15) is 9.59 Å². The molecule has 0 aliphatic heterocycles. The zero-order valence-electron chi connectivity index (χ0n) is 12.0. The lowest BCUT2D eigenvalue weighted by Crippen LogP contribution is -2.21. The monoisotopic (exact) mass is 300 g/mol. The molecule has 0 aliphatic carbocycles. The number of nitrogens with one attached hydrogen (secondary N) is 1. The maximum Gasteiger partial charge on any atom is 0.259 e. The van der Waals surface area contributed by atoms with Crippen LogP contribution in [0.1, 0.15) is 10.4 Å². The fourth-order valence-electron chi connectivity index (χ4n) is 1.80. The van der Waals surface area contributed by atoms with Crippen LogP contribution in [0.4, 0.5) is 5.69 Å². The quantitative estimate of drug-likeness (QED) is 0.851. The Balaban J connectivity index is 2.12. The molecule has 0 aliphatic rings. The molecule has 0 radical (unpaired) electrons. The third-order valence-corrected chi connectivity index (χ3v) is 2.85. The molecular formula is C16H16N2O4. The van der Waals surface area contributed by atoms with Crippen molar-refractivity contribution >= 4 is 17.5 Å². The van der Waals surface area contributed by atoms with Gasteiger partial charge in [-0.25, -0.2) is 0 Å². The molecule has 114 valence electrons. The number of hydrogen-bond acceptors (Lipinski definition) is 4. The summed E-state index contributed by atoms with van der Waals surface area (Å²) in [7, 11) is 1.57. The van der Waals surface area contributed by atoms with E-state index >= 15 is 0 Å². The molecule has 0 aromatic heterocycles. The number of ether oxygens (including phenoxy) is 2. The van der Waals surface area contributed by atoms with Gasteiger partial charge in [0.25, 0.3) is 11.8 Å². The van der Waals surface area contributed by atoms with Gasteiger partial charge in [-0.2, -0.15) is 0 Å². The molecule has 3 N–H and O–H groups in total. The van der Waals surface area contributed by atoms with Crippen molar-refractivity contribution in [1.29, 1.82) is 0 Å². The van der Waals surface area contributed by atoms with E-state index in [0.29, 0.717) is 22.7 Å². The highest BCUT2D eigenvalue weighted by Crippen LogP contribution is 2.21. The molecule has 2 amide bonds. The maximum absolute atomic E-state index is 12.3. The number of amides is 2. The second-order valence-corrected chi connectivity index (χ2v) is 4.43. The van der Waals surface area contributed by atoms with Crippen molar-refractivity contribution in [3.8, 4) is 11.5 Å². The first kappa shape index (κ1) is 15.4. The molecule has 0 saturated carbocycles. The summed E-state index contributed by atoms with van der Waals surface area (Å²) >= 11 is 0. The van der Waals surface area contributed by atoms with E-state index in [0.717, 1.165) is 0 Å². The molecule has 6 nitrogen and oxygen atoms in total. The van der Waals surface area contributed by atoms with Gasteiger partial charge in [0.15, 0.2) is 6.61 Å². The summed E-state index contributed by atoms with van der Waals surface area (Å²) in [6.45, 7) is -0.285. The number of methoxy groups -OCH3 is 1. The third kappa shape index (κ3) is 3.99. The van der Waals surface area contributed by atoms with Crippen LogP contribution in [0, 0.1) is 0 Å². The number of rotatable bonds is 6. The maximum atomic E-state index is 12.3. The fraction of sp³-hybridized carbons (Fsp3) is 0.125. The smallest absolute Gasteiger partial charge is 0.259 e. The van der Waals surface area contributed by atoms with Crippen LogP contribution in [-0.4, -0.2) is 25.5 Å². The summed E-state index contributed by atoms with van der Waals surface area (Å²) in [6.07, 6.45) is 0. The summed E-state index contributed by atoms with van der Waals surface area (Å²) in [5, 5.41) is 2.75. The van der Waals surface area contributed by atoms with Gasteiger partial charge < -0.3 is 20.5 Å². The van der Waals surface area contributed by atoms with Crippen LogP contribution < -0.4 is 20.5 Å². The van der Waals surface area contributed by atoms with Crippen molar-refractivity contribution in [2.45, 2.75) is 0 Å². The van der Waals surface area contributed by atoms with Crippen molar-refractivity contribution in [1.82, 2.24) is 0 Å². The number of nitrogens with two attached hydrogens (primary N) is 1. The van der Waals surface area contributed by atoms with Gasteiger partial charge in [0.05, 0.1) is 12.7 Å². The standard InChI is InChI=1S/C16H16N2O4/c1-21-12-8-6-11(7-9-12)18-16(20)13-4-2-3-5-14(13)22-10-15(17)19/h2-9H,10H2,1H3,(H2,17,19)(H,18,20). The molecule has 2 rings (SSSR count). The molecule has 0 heterocycles. The predicted octanol–water partition coefficient (Wildman–Crippen LogP) is 1.81. The van der Waals surface area contributed by atoms with Gasteiger partial charge in [-0.05, 0) is 36.4 Å². The van der Waals surface area contributed by atoms with Gasteiger partial charge in [0.2, 0.25) is 0 Å². The zero-order valence-corrected chi connectivity index (χ0v) is 12.0. The highest BCUT2D eigenvalue weighted by atomic mass is 16.5. The van der Waals surface area contributed by atoms with Crippen molar-refractivity contribution in [2.75, 3.05) is 19.0 Å².